The zero-order valence-electron chi connectivity index (χ0n) is 16.7. The van der Waals surface area contributed by atoms with Gasteiger partial charge in [-0.05, 0) is 43.7 Å². The largest absolute Gasteiger partial charge is 0.325 e. The Morgan fingerprint density at radius 3 is 2.57 bits per heavy atom. The third kappa shape index (κ3) is 4.38. The summed E-state index contributed by atoms with van der Waals surface area (Å²) in [7, 11) is -3.57. The Balaban J connectivity index is 1.45. The minimum absolute atomic E-state index is 0.254. The van der Waals surface area contributed by atoms with Crippen LogP contribution in [0.1, 0.15) is 21.7 Å². The standard InChI is InChI=1S/C21H22N4O3S2/c1-14-6-8-17(9-7-14)30(27,28)25-11-10-18-19(13-25)29-21(23-18)24-20(26)22-16-5-3-4-15(2)12-16/h3-9,12H,10-11,13H2,1-2H3,(H2,22,23,24,26). The first kappa shape index (κ1) is 20.5. The smallest absolute Gasteiger partial charge is 0.308 e. The van der Waals surface area contributed by atoms with Crippen LogP contribution in [0.5, 0.6) is 0 Å². The molecule has 1 aliphatic rings. The van der Waals surface area contributed by atoms with Crippen molar-refractivity contribution in [3.05, 3.63) is 70.2 Å². The highest BCUT2D eigenvalue weighted by Gasteiger charge is 2.30. The molecule has 0 radical (unpaired) electrons. The molecule has 0 bridgehead atoms. The number of aryl methyl sites for hydroxylation is 2. The molecule has 1 aliphatic heterocycles. The number of nitrogens with zero attached hydrogens (tertiary/aromatic N) is 2. The van der Waals surface area contributed by atoms with Crippen molar-refractivity contribution in [2.24, 2.45) is 0 Å². The summed E-state index contributed by atoms with van der Waals surface area (Å²) in [6, 6.07) is 14.0. The molecule has 0 aliphatic carbocycles. The number of thiazole rings is 1. The van der Waals surface area contributed by atoms with Gasteiger partial charge < -0.3 is 5.32 Å². The summed E-state index contributed by atoms with van der Waals surface area (Å²) >= 11 is 1.31. The van der Waals surface area contributed by atoms with E-state index in [0.29, 0.717) is 23.8 Å². The Morgan fingerprint density at radius 1 is 1.07 bits per heavy atom. The second kappa shape index (κ2) is 8.17. The Kier molecular flexibility index (Phi) is 5.59. The average molecular weight is 443 g/mol. The number of benzene rings is 2. The van der Waals surface area contributed by atoms with Crippen LogP contribution in [0.2, 0.25) is 0 Å². The summed E-state index contributed by atoms with van der Waals surface area (Å²) < 4.78 is 27.4. The van der Waals surface area contributed by atoms with E-state index in [2.05, 4.69) is 15.6 Å². The number of urea groups is 1. The van der Waals surface area contributed by atoms with Gasteiger partial charge in [-0.1, -0.05) is 41.2 Å². The predicted molar refractivity (Wildman–Crippen MR) is 118 cm³/mol. The van der Waals surface area contributed by atoms with E-state index in [1.54, 1.807) is 24.3 Å². The fourth-order valence-electron chi connectivity index (χ4n) is 3.27. The van der Waals surface area contributed by atoms with Gasteiger partial charge in [0.1, 0.15) is 0 Å². The highest BCUT2D eigenvalue weighted by atomic mass is 32.2. The lowest BCUT2D eigenvalue weighted by Gasteiger charge is -2.25. The minimum Gasteiger partial charge on any atom is -0.308 e. The molecule has 0 saturated carbocycles. The van der Waals surface area contributed by atoms with Crippen LogP contribution in [0.25, 0.3) is 0 Å². The van der Waals surface area contributed by atoms with Crippen LogP contribution in [0.3, 0.4) is 0 Å². The van der Waals surface area contributed by atoms with Gasteiger partial charge in [0.05, 0.1) is 17.1 Å². The number of nitrogens with one attached hydrogen (secondary N) is 2. The molecular weight excluding hydrogens is 420 g/mol. The van der Waals surface area contributed by atoms with Gasteiger partial charge >= 0.3 is 6.03 Å². The number of sulfonamides is 1. The Labute approximate surface area is 179 Å². The number of amides is 2. The van der Waals surface area contributed by atoms with Crippen LogP contribution < -0.4 is 10.6 Å². The van der Waals surface area contributed by atoms with E-state index in [0.717, 1.165) is 21.7 Å². The summed E-state index contributed by atoms with van der Waals surface area (Å²) in [6.45, 7) is 4.49. The first-order chi connectivity index (χ1) is 14.3. The zero-order chi connectivity index (χ0) is 21.3. The molecule has 0 saturated heterocycles. The van der Waals surface area contributed by atoms with Crippen LogP contribution in [0.4, 0.5) is 15.6 Å². The number of hydrogen-bond donors (Lipinski definition) is 2. The molecule has 156 valence electrons. The highest BCUT2D eigenvalue weighted by Crippen LogP contribution is 2.31. The second-order valence-electron chi connectivity index (χ2n) is 7.24. The van der Waals surface area contributed by atoms with E-state index in [-0.39, 0.29) is 17.5 Å². The van der Waals surface area contributed by atoms with Crippen LogP contribution in [0.15, 0.2) is 53.4 Å². The van der Waals surface area contributed by atoms with Gasteiger partial charge in [-0.15, -0.1) is 0 Å². The summed E-state index contributed by atoms with van der Waals surface area (Å²) in [4.78, 5) is 17.9. The quantitative estimate of drug-likeness (QED) is 0.635. The molecular formula is C21H22N4O3S2. The molecule has 2 amide bonds. The van der Waals surface area contributed by atoms with E-state index in [9.17, 15) is 13.2 Å². The van der Waals surface area contributed by atoms with Crippen molar-refractivity contribution >= 4 is 38.2 Å². The number of carbonyl (C=O) groups is 1. The monoisotopic (exact) mass is 442 g/mol. The molecule has 2 N–H and O–H groups in total. The number of hydrogen-bond acceptors (Lipinski definition) is 5. The molecule has 0 unspecified atom stereocenters. The van der Waals surface area contributed by atoms with Crippen LogP contribution in [0, 0.1) is 13.8 Å². The Morgan fingerprint density at radius 2 is 1.83 bits per heavy atom. The van der Waals surface area contributed by atoms with Crippen molar-refractivity contribution in [1.82, 2.24) is 9.29 Å². The lowest BCUT2D eigenvalue weighted by molar-refractivity contribution is 0.262. The van der Waals surface area contributed by atoms with Crippen molar-refractivity contribution in [1.29, 1.82) is 0 Å². The molecule has 0 fully saturated rings. The van der Waals surface area contributed by atoms with Gasteiger partial charge in [-0.3, -0.25) is 5.32 Å². The number of rotatable bonds is 4. The number of aromatic nitrogens is 1. The van der Waals surface area contributed by atoms with E-state index in [4.69, 9.17) is 0 Å². The van der Waals surface area contributed by atoms with Crippen molar-refractivity contribution in [2.75, 3.05) is 17.2 Å². The van der Waals surface area contributed by atoms with E-state index in [1.165, 1.54) is 15.6 Å². The average Bonchev–Trinajstić information content (AvgIpc) is 3.09. The predicted octanol–water partition coefficient (Wildman–Crippen LogP) is 4.15. The SMILES string of the molecule is Cc1ccc(S(=O)(=O)N2CCc3nc(NC(=O)Nc4cccc(C)c4)sc3C2)cc1. The zero-order valence-corrected chi connectivity index (χ0v) is 18.3. The number of anilines is 2. The molecule has 30 heavy (non-hydrogen) atoms. The fourth-order valence-corrected chi connectivity index (χ4v) is 5.78. The first-order valence-electron chi connectivity index (χ1n) is 9.51. The molecule has 2 heterocycles. The topological polar surface area (TPSA) is 91.4 Å². The number of carbonyl (C=O) groups excluding carboxylic acids is 1. The lowest BCUT2D eigenvalue weighted by Crippen LogP contribution is -2.35. The summed E-state index contributed by atoms with van der Waals surface area (Å²) in [5.41, 5.74) is 3.59. The molecule has 2 aromatic carbocycles. The van der Waals surface area contributed by atoms with Crippen molar-refractivity contribution in [2.45, 2.75) is 31.7 Å². The van der Waals surface area contributed by atoms with Crippen molar-refractivity contribution in [3.8, 4) is 0 Å². The van der Waals surface area contributed by atoms with E-state index in [1.807, 2.05) is 38.1 Å². The van der Waals surface area contributed by atoms with Gasteiger partial charge in [0.15, 0.2) is 5.13 Å². The molecule has 0 atom stereocenters. The molecule has 1 aromatic heterocycles. The number of fused-ring (bicyclic) bond motifs is 1. The summed E-state index contributed by atoms with van der Waals surface area (Å²) in [6.07, 6.45) is 0.512. The third-order valence-corrected chi connectivity index (χ3v) is 7.71. The van der Waals surface area contributed by atoms with Crippen LogP contribution >= 0.6 is 11.3 Å². The molecule has 7 nitrogen and oxygen atoms in total. The molecule has 4 rings (SSSR count). The molecule has 3 aromatic rings. The van der Waals surface area contributed by atoms with Gasteiger partial charge in [0.2, 0.25) is 10.0 Å². The maximum atomic E-state index is 13.0. The highest BCUT2D eigenvalue weighted by molar-refractivity contribution is 7.89. The van der Waals surface area contributed by atoms with Gasteiger partial charge in [0, 0.05) is 23.5 Å². The Bertz CT molecular complexity index is 1190. The molecule has 9 heteroatoms. The maximum absolute atomic E-state index is 13.0. The third-order valence-electron chi connectivity index (χ3n) is 4.85. The van der Waals surface area contributed by atoms with Crippen molar-refractivity contribution in [3.63, 3.8) is 0 Å². The Hall–Kier alpha value is -2.75. The first-order valence-corrected chi connectivity index (χ1v) is 11.8. The normalized spacial score (nSPS) is 14.2. The fraction of sp³-hybridized carbons (Fsp3) is 0.238. The lowest BCUT2D eigenvalue weighted by atomic mass is 10.2. The molecule has 0 spiro atoms. The maximum Gasteiger partial charge on any atom is 0.325 e. The minimum atomic E-state index is -3.57. The van der Waals surface area contributed by atoms with Gasteiger partial charge in [-0.25, -0.2) is 18.2 Å². The van der Waals surface area contributed by atoms with Gasteiger partial charge in [-0.2, -0.15) is 4.31 Å². The van der Waals surface area contributed by atoms with Crippen LogP contribution in [-0.4, -0.2) is 30.3 Å². The van der Waals surface area contributed by atoms with Gasteiger partial charge in [0.25, 0.3) is 0 Å². The van der Waals surface area contributed by atoms with E-state index >= 15 is 0 Å². The van der Waals surface area contributed by atoms with Crippen molar-refractivity contribution < 1.29 is 13.2 Å². The summed E-state index contributed by atoms with van der Waals surface area (Å²) in [5, 5.41) is 5.99. The van der Waals surface area contributed by atoms with Crippen LogP contribution in [-0.2, 0) is 23.0 Å². The second-order valence-corrected chi connectivity index (χ2v) is 10.3. The summed E-state index contributed by atoms with van der Waals surface area (Å²) in [5.74, 6) is 0. The van der Waals surface area contributed by atoms with E-state index < -0.39 is 10.0 Å².